The van der Waals surface area contributed by atoms with Gasteiger partial charge in [0.25, 0.3) is 5.91 Å². The van der Waals surface area contributed by atoms with E-state index in [9.17, 15) is 37.5 Å². The molecule has 0 spiro atoms. The molecule has 0 bridgehead atoms. The molecule has 9 nitrogen and oxygen atoms in total. The Balaban J connectivity index is 1.76. The van der Waals surface area contributed by atoms with Crippen molar-refractivity contribution in [2.75, 3.05) is 7.05 Å². The summed E-state index contributed by atoms with van der Waals surface area (Å²) >= 11 is 1.12. The van der Waals surface area contributed by atoms with E-state index in [0.29, 0.717) is 22.9 Å². The summed E-state index contributed by atoms with van der Waals surface area (Å²) in [6.07, 6.45) is -1.25. The number of nitrogens with zero attached hydrogens (tertiary/aromatic N) is 2. The zero-order chi connectivity index (χ0) is 33.5. The number of ether oxygens (including phenoxy) is 1. The third kappa shape index (κ3) is 11.1. The summed E-state index contributed by atoms with van der Waals surface area (Å²) in [7, 11) is 1.75. The molecule has 3 rings (SSSR count). The lowest BCUT2D eigenvalue weighted by molar-refractivity contribution is -0.148. The Kier molecular flexibility index (Phi) is 12.5. The second-order valence-corrected chi connectivity index (χ2v) is 13.1. The average molecular weight is 654 g/mol. The largest absolute Gasteiger partial charge is 0.481 e. The molecule has 1 aliphatic carbocycles. The predicted molar refractivity (Wildman–Crippen MR) is 162 cm³/mol. The van der Waals surface area contributed by atoms with E-state index < -0.39 is 47.6 Å². The van der Waals surface area contributed by atoms with E-state index in [-0.39, 0.29) is 42.8 Å². The van der Waals surface area contributed by atoms with Crippen molar-refractivity contribution in [2.24, 2.45) is 17.8 Å². The van der Waals surface area contributed by atoms with Crippen LogP contribution in [0.25, 0.3) is 0 Å². The fraction of sp³-hybridized carbons (Fsp3) is 0.594. The highest BCUT2D eigenvalue weighted by Gasteiger charge is 2.33. The summed E-state index contributed by atoms with van der Waals surface area (Å²) in [6, 6.07) is 3.52. The Bertz CT molecular complexity index is 1330. The van der Waals surface area contributed by atoms with Crippen molar-refractivity contribution < 1.29 is 42.2 Å². The number of thiazole rings is 1. The average Bonchev–Trinajstić information content (AvgIpc) is 3.65. The van der Waals surface area contributed by atoms with Crippen LogP contribution in [0.2, 0.25) is 0 Å². The minimum atomic E-state index is -4.49. The molecule has 1 heterocycles. The van der Waals surface area contributed by atoms with Crippen molar-refractivity contribution >= 4 is 35.1 Å². The summed E-state index contributed by atoms with van der Waals surface area (Å²) in [5, 5.41) is 14.1. The van der Waals surface area contributed by atoms with Gasteiger partial charge in [-0.2, -0.15) is 13.2 Å². The summed E-state index contributed by atoms with van der Waals surface area (Å²) in [5.74, 6) is -2.35. The molecule has 2 N–H and O–H groups in total. The maximum atomic E-state index is 13.3. The third-order valence-electron chi connectivity index (χ3n) is 8.08. The van der Waals surface area contributed by atoms with Crippen LogP contribution < -0.4 is 5.32 Å². The topological polar surface area (TPSA) is 126 Å². The molecule has 2 aromatic rings. The molecule has 0 aliphatic heterocycles. The lowest BCUT2D eigenvalue weighted by Gasteiger charge is -2.33. The quantitative estimate of drug-likeness (QED) is 0.204. The van der Waals surface area contributed by atoms with Crippen molar-refractivity contribution in [2.45, 2.75) is 97.0 Å². The van der Waals surface area contributed by atoms with Gasteiger partial charge in [0.05, 0.1) is 11.5 Å². The lowest BCUT2D eigenvalue weighted by Crippen LogP contribution is -2.41. The summed E-state index contributed by atoms with van der Waals surface area (Å²) < 4.78 is 44.6. The molecule has 0 radical (unpaired) electrons. The predicted octanol–water partition coefficient (Wildman–Crippen LogP) is 6.28. The van der Waals surface area contributed by atoms with Gasteiger partial charge in [0.2, 0.25) is 5.91 Å². The number of nitrogens with one attached hydrogen (secondary N) is 1. The van der Waals surface area contributed by atoms with E-state index in [2.05, 4.69) is 10.3 Å². The first-order chi connectivity index (χ1) is 21.0. The molecule has 0 saturated heterocycles. The number of esters is 1. The van der Waals surface area contributed by atoms with Gasteiger partial charge in [-0.3, -0.25) is 19.2 Å². The molecular formula is C32H42F3N3O6S. The number of alkyl halides is 3. The van der Waals surface area contributed by atoms with Crippen LogP contribution in [-0.2, 0) is 31.7 Å². The zero-order valence-electron chi connectivity index (χ0n) is 26.2. The number of aromatic nitrogens is 1. The fourth-order valence-corrected chi connectivity index (χ4v) is 6.07. The summed E-state index contributed by atoms with van der Waals surface area (Å²) in [5.41, 5.74) is -0.283. The Morgan fingerprint density at radius 3 is 2.29 bits per heavy atom. The summed E-state index contributed by atoms with van der Waals surface area (Å²) in [4.78, 5) is 56.0. The smallest absolute Gasteiger partial charge is 0.416 e. The number of amides is 2. The maximum Gasteiger partial charge on any atom is 0.416 e. The second-order valence-electron chi connectivity index (χ2n) is 12.2. The van der Waals surface area contributed by atoms with Crippen LogP contribution >= 0.6 is 11.3 Å². The van der Waals surface area contributed by atoms with Crippen LogP contribution in [0.5, 0.6) is 0 Å². The van der Waals surface area contributed by atoms with Crippen molar-refractivity contribution in [3.05, 3.63) is 51.5 Å². The van der Waals surface area contributed by atoms with Crippen LogP contribution in [0.4, 0.5) is 13.2 Å². The molecule has 1 fully saturated rings. The minimum absolute atomic E-state index is 0.0241. The monoisotopic (exact) mass is 653 g/mol. The number of carbonyl (C=O) groups excluding carboxylic acids is 3. The van der Waals surface area contributed by atoms with E-state index >= 15 is 0 Å². The number of aliphatic carboxylic acids is 1. The molecule has 1 aromatic heterocycles. The fourth-order valence-electron chi connectivity index (χ4n) is 5.23. The summed E-state index contributed by atoms with van der Waals surface area (Å²) in [6.45, 7) is 6.72. The lowest BCUT2D eigenvalue weighted by atomic mass is 9.95. The highest BCUT2D eigenvalue weighted by molar-refractivity contribution is 7.09. The number of carboxylic acids is 1. The number of carboxylic acid groups (broad SMARTS) is 1. The normalized spacial score (nSPS) is 16.0. The maximum absolute atomic E-state index is 13.3. The van der Waals surface area contributed by atoms with E-state index in [1.54, 1.807) is 11.9 Å². The molecule has 1 saturated carbocycles. The van der Waals surface area contributed by atoms with Gasteiger partial charge in [0.1, 0.15) is 10.7 Å². The van der Waals surface area contributed by atoms with Crippen LogP contribution in [0.15, 0.2) is 29.6 Å². The molecule has 4 atom stereocenters. The molecule has 1 aliphatic rings. The van der Waals surface area contributed by atoms with E-state index in [0.717, 1.165) is 42.7 Å². The molecule has 1 unspecified atom stereocenters. The Morgan fingerprint density at radius 2 is 1.76 bits per heavy atom. The van der Waals surface area contributed by atoms with Crippen molar-refractivity contribution in [1.29, 1.82) is 0 Å². The van der Waals surface area contributed by atoms with Gasteiger partial charge < -0.3 is 20.1 Å². The van der Waals surface area contributed by atoms with Gasteiger partial charge in [-0.25, -0.2) is 4.98 Å². The van der Waals surface area contributed by atoms with Crippen molar-refractivity contribution in [1.82, 2.24) is 15.2 Å². The standard InChI is InChI=1S/C32H42F3N3O6S/c1-18(2)26(38(5)28(40)13-10-21-6-7-21)16-27(44-20(4)39)30-37-25(17-45-30)29(41)36-24(14-19(3)31(42)43)15-22-8-11-23(12-9-22)32(33,34)35/h8-9,11-12,17-19,21,24,26-27H,6-7,10,13-16H2,1-5H3,(H,36,41)(H,42,43)/t19-,24+,26?,27+/m0/s1. The van der Waals surface area contributed by atoms with E-state index in [4.69, 9.17) is 4.74 Å². The number of hydrogen-bond acceptors (Lipinski definition) is 7. The number of rotatable bonds is 16. The SMILES string of the molecule is CC(=O)O[C@H](CC(C(C)C)N(C)C(=O)CCC1CC1)c1nc(C(=O)N[C@@H](Cc2ccc(C(F)(F)F)cc2)C[C@H](C)C(=O)O)cs1. The number of halogens is 3. The van der Waals surface area contributed by atoms with Crippen LogP contribution in [-0.4, -0.2) is 57.9 Å². The van der Waals surface area contributed by atoms with E-state index in [1.165, 1.54) is 31.4 Å². The Labute approximate surface area is 265 Å². The highest BCUT2D eigenvalue weighted by Crippen LogP contribution is 2.35. The first-order valence-electron chi connectivity index (χ1n) is 15.1. The van der Waals surface area contributed by atoms with Crippen LogP contribution in [0, 0.1) is 17.8 Å². The van der Waals surface area contributed by atoms with Crippen LogP contribution in [0.3, 0.4) is 0 Å². The third-order valence-corrected chi connectivity index (χ3v) is 9.01. The molecule has 248 valence electrons. The first kappa shape index (κ1) is 36.0. The van der Waals surface area contributed by atoms with Gasteiger partial charge in [0, 0.05) is 44.3 Å². The molecule has 13 heteroatoms. The first-order valence-corrected chi connectivity index (χ1v) is 16.0. The highest BCUT2D eigenvalue weighted by atomic mass is 32.1. The molecule has 45 heavy (non-hydrogen) atoms. The van der Waals surface area contributed by atoms with Crippen molar-refractivity contribution in [3.63, 3.8) is 0 Å². The van der Waals surface area contributed by atoms with Crippen molar-refractivity contribution in [3.8, 4) is 0 Å². The van der Waals surface area contributed by atoms with E-state index in [1.807, 2.05) is 13.8 Å². The number of benzene rings is 1. The molecular weight excluding hydrogens is 611 g/mol. The van der Waals surface area contributed by atoms with Gasteiger partial charge >= 0.3 is 18.1 Å². The Hall–Kier alpha value is -3.48. The van der Waals surface area contributed by atoms with Gasteiger partial charge in [-0.15, -0.1) is 11.3 Å². The molecule has 1 aromatic carbocycles. The van der Waals surface area contributed by atoms with Gasteiger partial charge in [0.15, 0.2) is 6.10 Å². The second kappa shape index (κ2) is 15.7. The minimum Gasteiger partial charge on any atom is -0.481 e. The van der Waals surface area contributed by atoms with Gasteiger partial charge in [-0.05, 0) is 48.8 Å². The number of carbonyl (C=O) groups is 4. The van der Waals surface area contributed by atoms with Crippen LogP contribution in [0.1, 0.15) is 98.9 Å². The number of hydrogen-bond donors (Lipinski definition) is 2. The molecule has 2 amide bonds. The zero-order valence-corrected chi connectivity index (χ0v) is 27.0. The van der Waals surface area contributed by atoms with Gasteiger partial charge in [-0.1, -0.05) is 45.7 Å². The Morgan fingerprint density at radius 1 is 1.11 bits per heavy atom.